The molecule has 3 aromatic rings. The summed E-state index contributed by atoms with van der Waals surface area (Å²) in [5.74, 6) is -5.82. The Kier molecular flexibility index (Phi) is 6.35. The maximum atomic E-state index is 15.3. The van der Waals surface area contributed by atoms with Gasteiger partial charge in [0.1, 0.15) is 5.82 Å². The zero-order valence-corrected chi connectivity index (χ0v) is 20.2. The van der Waals surface area contributed by atoms with Crippen LogP contribution in [-0.4, -0.2) is 39.1 Å². The van der Waals surface area contributed by atoms with Crippen molar-refractivity contribution < 1.29 is 27.5 Å². The van der Waals surface area contributed by atoms with Crippen LogP contribution in [0.1, 0.15) is 60.3 Å². The molecule has 37 heavy (non-hydrogen) atoms. The summed E-state index contributed by atoms with van der Waals surface area (Å²) in [5.41, 5.74) is -0.525. The molecule has 2 aliphatic rings. The minimum absolute atomic E-state index is 0.00928. The Balaban J connectivity index is 1.78. The van der Waals surface area contributed by atoms with Crippen LogP contribution in [-0.2, 0) is 4.79 Å². The van der Waals surface area contributed by atoms with Crippen molar-refractivity contribution in [3.63, 3.8) is 0 Å². The lowest BCUT2D eigenvalue weighted by Crippen LogP contribution is -2.51. The molecule has 1 fully saturated rings. The molecule has 7 nitrogen and oxygen atoms in total. The molecule has 0 spiro atoms. The third-order valence-corrected chi connectivity index (χ3v) is 6.97. The van der Waals surface area contributed by atoms with Gasteiger partial charge in [-0.3, -0.25) is 14.4 Å². The lowest BCUT2D eigenvalue weighted by atomic mass is 9.79. The average Bonchev–Trinajstić information content (AvgIpc) is 3.36. The normalized spacial score (nSPS) is 19.5. The summed E-state index contributed by atoms with van der Waals surface area (Å²) in [7, 11) is 0. The van der Waals surface area contributed by atoms with Crippen LogP contribution in [0, 0.1) is 23.4 Å². The fraction of sp³-hybridized carbons (Fsp3) is 0.333. The van der Waals surface area contributed by atoms with Crippen molar-refractivity contribution in [1.29, 1.82) is 0 Å². The molecular weight excluding hydrogens is 487 g/mol. The smallest absolute Gasteiger partial charge is 0.313 e. The predicted molar refractivity (Wildman–Crippen MR) is 127 cm³/mol. The van der Waals surface area contributed by atoms with Crippen molar-refractivity contribution in [3.05, 3.63) is 93.2 Å². The largest absolute Gasteiger partial charge is 0.420 e. The van der Waals surface area contributed by atoms with Crippen molar-refractivity contribution in [2.45, 2.75) is 44.7 Å². The second kappa shape index (κ2) is 9.49. The highest BCUT2D eigenvalue weighted by Crippen LogP contribution is 2.46. The second-order valence-corrected chi connectivity index (χ2v) is 9.58. The van der Waals surface area contributed by atoms with E-state index in [4.69, 9.17) is 4.74 Å². The molecular formula is C27H24F3N3O4. The molecule has 1 aromatic heterocycles. The Labute approximate surface area is 210 Å². The minimum Gasteiger partial charge on any atom is -0.420 e. The van der Waals surface area contributed by atoms with Crippen LogP contribution < -0.4 is 10.2 Å². The molecule has 2 aliphatic heterocycles. The van der Waals surface area contributed by atoms with E-state index in [2.05, 4.69) is 5.10 Å². The van der Waals surface area contributed by atoms with Gasteiger partial charge in [0.15, 0.2) is 17.3 Å². The van der Waals surface area contributed by atoms with Crippen LogP contribution in [0.25, 0.3) is 0 Å². The maximum Gasteiger partial charge on any atom is 0.313 e. The van der Waals surface area contributed by atoms with E-state index in [0.717, 1.165) is 12.3 Å². The van der Waals surface area contributed by atoms with Gasteiger partial charge in [0.05, 0.1) is 24.2 Å². The number of hydrogen-bond acceptors (Lipinski definition) is 5. The SMILES string of the molecule is CC(C)C(=O)Oc1c2n(ncc1=O)[C@@H](C(c1ccc(F)cc1)c1cccc(F)c1F)[C@H]1CCCN1C2=O. The number of esters is 1. The van der Waals surface area contributed by atoms with Crippen molar-refractivity contribution >= 4 is 11.9 Å². The van der Waals surface area contributed by atoms with Crippen molar-refractivity contribution in [3.8, 4) is 5.75 Å². The number of nitrogens with zero attached hydrogens (tertiary/aromatic N) is 3. The summed E-state index contributed by atoms with van der Waals surface area (Å²) in [6.45, 7) is 3.54. The van der Waals surface area contributed by atoms with Crippen molar-refractivity contribution in [1.82, 2.24) is 14.7 Å². The highest BCUT2D eigenvalue weighted by atomic mass is 19.2. The van der Waals surface area contributed by atoms with Gasteiger partial charge in [0, 0.05) is 18.0 Å². The quantitative estimate of drug-likeness (QED) is 0.480. The van der Waals surface area contributed by atoms with E-state index in [1.54, 1.807) is 18.7 Å². The average molecular weight is 512 g/mol. The van der Waals surface area contributed by atoms with Crippen LogP contribution in [0.2, 0.25) is 0 Å². The minimum atomic E-state index is -1.08. The summed E-state index contributed by atoms with van der Waals surface area (Å²) in [6, 6.07) is 7.90. The number of hydrogen-bond donors (Lipinski definition) is 0. The van der Waals surface area contributed by atoms with E-state index in [1.807, 2.05) is 0 Å². The summed E-state index contributed by atoms with van der Waals surface area (Å²) >= 11 is 0. The number of ether oxygens (including phenoxy) is 1. The van der Waals surface area contributed by atoms with Gasteiger partial charge in [-0.2, -0.15) is 5.10 Å². The molecule has 0 bridgehead atoms. The van der Waals surface area contributed by atoms with Gasteiger partial charge in [-0.1, -0.05) is 38.1 Å². The number of aromatic nitrogens is 2. The Morgan fingerprint density at radius 3 is 2.51 bits per heavy atom. The Bertz CT molecular complexity index is 1440. The van der Waals surface area contributed by atoms with Crippen LogP contribution in [0.4, 0.5) is 13.2 Å². The molecule has 3 heterocycles. The van der Waals surface area contributed by atoms with Gasteiger partial charge in [-0.15, -0.1) is 0 Å². The van der Waals surface area contributed by atoms with E-state index in [-0.39, 0.29) is 11.3 Å². The van der Waals surface area contributed by atoms with Gasteiger partial charge in [0.25, 0.3) is 5.91 Å². The standard InChI is InChI=1S/C27H24F3N3O4/c1-14(2)27(36)37-25-20(34)13-31-33-23(19-7-4-12-32(19)26(35)24(25)33)21(15-8-10-16(28)11-9-15)17-5-3-6-18(29)22(17)30/h3,5-6,8-11,13-14,19,21,23H,4,7,12H2,1-2H3/t19-,21?,23-/m1/s1. The summed E-state index contributed by atoms with van der Waals surface area (Å²) in [5, 5.41) is 4.24. The first kappa shape index (κ1) is 24.7. The first-order valence-electron chi connectivity index (χ1n) is 12.0. The highest BCUT2D eigenvalue weighted by Gasteiger charge is 2.49. The molecule has 0 radical (unpaired) electrons. The van der Waals surface area contributed by atoms with E-state index in [0.29, 0.717) is 24.9 Å². The molecule has 1 unspecified atom stereocenters. The number of fused-ring (bicyclic) bond motifs is 2. The molecule has 0 saturated carbocycles. The first-order valence-corrected chi connectivity index (χ1v) is 12.0. The van der Waals surface area contributed by atoms with E-state index >= 15 is 4.39 Å². The van der Waals surface area contributed by atoms with E-state index < -0.39 is 64.4 Å². The summed E-state index contributed by atoms with van der Waals surface area (Å²) in [4.78, 5) is 40.3. The van der Waals surface area contributed by atoms with Gasteiger partial charge in [-0.05, 0) is 36.6 Å². The van der Waals surface area contributed by atoms with Gasteiger partial charge < -0.3 is 9.64 Å². The third kappa shape index (κ3) is 4.20. The number of halogens is 3. The lowest BCUT2D eigenvalue weighted by molar-refractivity contribution is -0.137. The Morgan fingerprint density at radius 1 is 1.08 bits per heavy atom. The molecule has 3 atom stereocenters. The first-order chi connectivity index (χ1) is 17.7. The molecule has 1 saturated heterocycles. The van der Waals surface area contributed by atoms with Crippen molar-refractivity contribution in [2.24, 2.45) is 5.92 Å². The molecule has 10 heteroatoms. The maximum absolute atomic E-state index is 15.3. The zero-order valence-electron chi connectivity index (χ0n) is 20.2. The number of carbonyl (C=O) groups is 2. The van der Waals surface area contributed by atoms with Crippen LogP contribution in [0.15, 0.2) is 53.5 Å². The van der Waals surface area contributed by atoms with Crippen LogP contribution in [0.3, 0.4) is 0 Å². The molecule has 0 aliphatic carbocycles. The van der Waals surface area contributed by atoms with Gasteiger partial charge in [-0.25, -0.2) is 17.9 Å². The topological polar surface area (TPSA) is 81.5 Å². The fourth-order valence-electron chi connectivity index (χ4n) is 5.24. The summed E-state index contributed by atoms with van der Waals surface area (Å²) < 4.78 is 50.2. The Hall–Kier alpha value is -3.95. The number of amides is 1. The van der Waals surface area contributed by atoms with E-state index in [1.165, 1.54) is 41.1 Å². The lowest BCUT2D eigenvalue weighted by Gasteiger charge is -2.42. The van der Waals surface area contributed by atoms with Crippen molar-refractivity contribution in [2.75, 3.05) is 6.54 Å². The molecule has 1 amide bonds. The molecule has 5 rings (SSSR count). The van der Waals surface area contributed by atoms with Crippen LogP contribution >= 0.6 is 0 Å². The van der Waals surface area contributed by atoms with Gasteiger partial charge >= 0.3 is 5.97 Å². The molecule has 192 valence electrons. The monoisotopic (exact) mass is 511 g/mol. The third-order valence-electron chi connectivity index (χ3n) is 6.97. The number of rotatable bonds is 5. The van der Waals surface area contributed by atoms with Crippen LogP contribution in [0.5, 0.6) is 5.75 Å². The predicted octanol–water partition coefficient (Wildman–Crippen LogP) is 4.21. The second-order valence-electron chi connectivity index (χ2n) is 9.58. The Morgan fingerprint density at radius 2 is 1.81 bits per heavy atom. The molecule has 0 N–H and O–H groups in total. The number of carbonyl (C=O) groups excluding carboxylic acids is 2. The number of benzene rings is 2. The zero-order chi connectivity index (χ0) is 26.4. The van der Waals surface area contributed by atoms with E-state index in [9.17, 15) is 23.2 Å². The summed E-state index contributed by atoms with van der Waals surface area (Å²) in [6.07, 6.45) is 2.12. The fourth-order valence-corrected chi connectivity index (χ4v) is 5.24. The molecule has 2 aromatic carbocycles. The van der Waals surface area contributed by atoms with Gasteiger partial charge in [0.2, 0.25) is 11.2 Å². The highest BCUT2D eigenvalue weighted by molar-refractivity contribution is 5.97.